The quantitative estimate of drug-likeness (QED) is 0.883. The van der Waals surface area contributed by atoms with Gasteiger partial charge >= 0.3 is 0 Å². The number of aromatic nitrogens is 1. The van der Waals surface area contributed by atoms with Crippen molar-refractivity contribution in [3.63, 3.8) is 0 Å². The number of nitrogens with zero attached hydrogens (tertiary/aromatic N) is 2. The molecule has 2 atom stereocenters. The monoisotopic (exact) mass is 263 g/mol. The van der Waals surface area contributed by atoms with Gasteiger partial charge in [0.05, 0.1) is 7.11 Å². The largest absolute Gasteiger partial charge is 0.481 e. The van der Waals surface area contributed by atoms with Crippen molar-refractivity contribution in [3.05, 3.63) is 23.9 Å². The zero-order chi connectivity index (χ0) is 13.8. The van der Waals surface area contributed by atoms with Gasteiger partial charge < -0.3 is 10.5 Å². The Kier molecular flexibility index (Phi) is 4.77. The number of methoxy groups -OCH3 is 1. The molecule has 106 valence electrons. The number of ether oxygens (including phenoxy) is 1. The van der Waals surface area contributed by atoms with Gasteiger partial charge in [-0.05, 0) is 30.4 Å². The molecule has 0 saturated carbocycles. The van der Waals surface area contributed by atoms with E-state index in [-0.39, 0.29) is 6.04 Å². The van der Waals surface area contributed by atoms with Gasteiger partial charge in [0.25, 0.3) is 0 Å². The summed E-state index contributed by atoms with van der Waals surface area (Å²) in [5.74, 6) is 2.19. The topological polar surface area (TPSA) is 51.4 Å². The summed E-state index contributed by atoms with van der Waals surface area (Å²) in [4.78, 5) is 6.78. The van der Waals surface area contributed by atoms with Crippen molar-refractivity contribution < 1.29 is 4.74 Å². The van der Waals surface area contributed by atoms with Crippen molar-refractivity contribution in [2.45, 2.75) is 26.3 Å². The molecule has 19 heavy (non-hydrogen) atoms. The van der Waals surface area contributed by atoms with Crippen LogP contribution in [0.1, 0.15) is 31.9 Å². The standard InChI is InChI=1S/C15H25N3O/c1-11(2)13-6-7-18(10-13)14(8-16)12-4-5-15(19-3)17-9-12/h4-5,9,11,13-14H,6-8,10,16H2,1-3H3. The predicted molar refractivity (Wildman–Crippen MR) is 77.1 cm³/mol. The second-order valence-electron chi connectivity index (χ2n) is 5.67. The van der Waals surface area contributed by atoms with Crippen LogP contribution in [0.25, 0.3) is 0 Å². The minimum Gasteiger partial charge on any atom is -0.481 e. The lowest BCUT2D eigenvalue weighted by Crippen LogP contribution is -2.32. The molecular weight excluding hydrogens is 238 g/mol. The number of rotatable bonds is 5. The Morgan fingerprint density at radius 3 is 2.74 bits per heavy atom. The molecule has 0 amide bonds. The molecule has 0 aliphatic carbocycles. The van der Waals surface area contributed by atoms with E-state index in [2.05, 4.69) is 29.8 Å². The average Bonchev–Trinajstić information content (AvgIpc) is 2.90. The molecule has 0 radical (unpaired) electrons. The van der Waals surface area contributed by atoms with Crippen molar-refractivity contribution in [1.82, 2.24) is 9.88 Å². The Morgan fingerprint density at radius 2 is 2.26 bits per heavy atom. The maximum absolute atomic E-state index is 5.98. The number of hydrogen-bond acceptors (Lipinski definition) is 4. The molecule has 0 spiro atoms. The van der Waals surface area contributed by atoms with Crippen molar-refractivity contribution in [2.24, 2.45) is 17.6 Å². The smallest absolute Gasteiger partial charge is 0.212 e. The van der Waals surface area contributed by atoms with Crippen LogP contribution in [0, 0.1) is 11.8 Å². The highest BCUT2D eigenvalue weighted by Gasteiger charge is 2.29. The number of likely N-dealkylation sites (tertiary alicyclic amines) is 1. The highest BCUT2D eigenvalue weighted by molar-refractivity contribution is 5.21. The van der Waals surface area contributed by atoms with Crippen LogP contribution >= 0.6 is 0 Å². The normalized spacial score (nSPS) is 21.8. The molecule has 1 aliphatic heterocycles. The molecule has 1 fully saturated rings. The van der Waals surface area contributed by atoms with Crippen LogP contribution in [-0.2, 0) is 0 Å². The fourth-order valence-corrected chi connectivity index (χ4v) is 2.85. The summed E-state index contributed by atoms with van der Waals surface area (Å²) in [7, 11) is 1.64. The van der Waals surface area contributed by atoms with Crippen LogP contribution in [-0.4, -0.2) is 36.6 Å². The summed E-state index contributed by atoms with van der Waals surface area (Å²) < 4.78 is 5.10. The molecule has 2 N–H and O–H groups in total. The van der Waals surface area contributed by atoms with Crippen LogP contribution in [0.3, 0.4) is 0 Å². The number of pyridine rings is 1. The lowest BCUT2D eigenvalue weighted by atomic mass is 9.95. The van der Waals surface area contributed by atoms with Crippen LogP contribution in [0.4, 0.5) is 0 Å². The van der Waals surface area contributed by atoms with Crippen molar-refractivity contribution >= 4 is 0 Å². The molecular formula is C15H25N3O. The fraction of sp³-hybridized carbons (Fsp3) is 0.667. The first-order valence-corrected chi connectivity index (χ1v) is 7.09. The maximum Gasteiger partial charge on any atom is 0.212 e. The molecule has 0 bridgehead atoms. The van der Waals surface area contributed by atoms with E-state index in [0.717, 1.165) is 24.9 Å². The molecule has 0 aromatic carbocycles. The Labute approximate surface area is 116 Å². The van der Waals surface area contributed by atoms with Gasteiger partial charge in [-0.15, -0.1) is 0 Å². The fourth-order valence-electron chi connectivity index (χ4n) is 2.85. The first-order chi connectivity index (χ1) is 9.15. The van der Waals surface area contributed by atoms with E-state index in [4.69, 9.17) is 10.5 Å². The average molecular weight is 263 g/mol. The molecule has 2 rings (SSSR count). The summed E-state index contributed by atoms with van der Waals surface area (Å²) in [5, 5.41) is 0. The van der Waals surface area contributed by atoms with E-state index in [0.29, 0.717) is 12.4 Å². The van der Waals surface area contributed by atoms with Crippen LogP contribution < -0.4 is 10.5 Å². The summed E-state index contributed by atoms with van der Waals surface area (Å²) in [6, 6.07) is 4.27. The molecule has 4 heteroatoms. The molecule has 2 heterocycles. The van der Waals surface area contributed by atoms with Crippen molar-refractivity contribution in [2.75, 3.05) is 26.7 Å². The Bertz CT molecular complexity index is 391. The zero-order valence-corrected chi connectivity index (χ0v) is 12.2. The highest BCUT2D eigenvalue weighted by Crippen LogP contribution is 2.30. The lowest BCUT2D eigenvalue weighted by molar-refractivity contribution is 0.231. The van der Waals surface area contributed by atoms with Crippen LogP contribution in [0.2, 0.25) is 0 Å². The van der Waals surface area contributed by atoms with Gasteiger partial charge in [-0.25, -0.2) is 4.98 Å². The van der Waals surface area contributed by atoms with Crippen molar-refractivity contribution in [1.29, 1.82) is 0 Å². The third-order valence-electron chi connectivity index (χ3n) is 4.22. The van der Waals surface area contributed by atoms with E-state index in [1.54, 1.807) is 7.11 Å². The predicted octanol–water partition coefficient (Wildman–Crippen LogP) is 2.07. The zero-order valence-electron chi connectivity index (χ0n) is 12.2. The van der Waals surface area contributed by atoms with E-state index >= 15 is 0 Å². The first kappa shape index (κ1) is 14.3. The third-order valence-corrected chi connectivity index (χ3v) is 4.22. The minimum atomic E-state index is 0.280. The highest BCUT2D eigenvalue weighted by atomic mass is 16.5. The molecule has 1 aliphatic rings. The van der Waals surface area contributed by atoms with Gasteiger partial charge in [0, 0.05) is 31.4 Å². The third kappa shape index (κ3) is 3.25. The second-order valence-corrected chi connectivity index (χ2v) is 5.67. The van der Waals surface area contributed by atoms with E-state index in [1.807, 2.05) is 12.3 Å². The van der Waals surface area contributed by atoms with Crippen LogP contribution in [0.5, 0.6) is 5.88 Å². The summed E-state index contributed by atoms with van der Waals surface area (Å²) >= 11 is 0. The minimum absolute atomic E-state index is 0.280. The first-order valence-electron chi connectivity index (χ1n) is 7.09. The summed E-state index contributed by atoms with van der Waals surface area (Å²) in [5.41, 5.74) is 7.16. The van der Waals surface area contributed by atoms with Crippen molar-refractivity contribution in [3.8, 4) is 5.88 Å². The van der Waals surface area contributed by atoms with Gasteiger partial charge in [0.1, 0.15) is 0 Å². The van der Waals surface area contributed by atoms with E-state index < -0.39 is 0 Å². The molecule has 1 aromatic heterocycles. The Hall–Kier alpha value is -1.13. The van der Waals surface area contributed by atoms with E-state index in [1.165, 1.54) is 12.0 Å². The Balaban J connectivity index is 2.07. The maximum atomic E-state index is 5.98. The van der Waals surface area contributed by atoms with Gasteiger partial charge in [0.15, 0.2) is 0 Å². The van der Waals surface area contributed by atoms with Gasteiger partial charge in [0.2, 0.25) is 5.88 Å². The second kappa shape index (κ2) is 6.35. The SMILES string of the molecule is COc1ccc(C(CN)N2CCC(C(C)C)C2)cn1. The molecule has 1 saturated heterocycles. The van der Waals surface area contributed by atoms with Gasteiger partial charge in [-0.3, -0.25) is 4.90 Å². The lowest BCUT2D eigenvalue weighted by Gasteiger charge is -2.27. The van der Waals surface area contributed by atoms with E-state index in [9.17, 15) is 0 Å². The molecule has 2 unspecified atom stereocenters. The molecule has 1 aromatic rings. The Morgan fingerprint density at radius 1 is 1.47 bits per heavy atom. The van der Waals surface area contributed by atoms with Gasteiger partial charge in [-0.2, -0.15) is 0 Å². The van der Waals surface area contributed by atoms with Gasteiger partial charge in [-0.1, -0.05) is 19.9 Å². The summed E-state index contributed by atoms with van der Waals surface area (Å²) in [6.45, 7) is 7.53. The summed E-state index contributed by atoms with van der Waals surface area (Å²) in [6.07, 6.45) is 3.16. The number of nitrogens with two attached hydrogens (primary N) is 1. The van der Waals surface area contributed by atoms with Crippen LogP contribution in [0.15, 0.2) is 18.3 Å². The number of hydrogen-bond donors (Lipinski definition) is 1. The molecule has 4 nitrogen and oxygen atoms in total.